The normalized spacial score (nSPS) is 17.1. The lowest BCUT2D eigenvalue weighted by atomic mass is 9.80. The lowest BCUT2D eigenvalue weighted by molar-refractivity contribution is 0.0423. The Morgan fingerprint density at radius 1 is 0.440 bits per heavy atom. The molecule has 4 amide bonds. The molecule has 8 rings (SSSR count). The fourth-order valence-electron chi connectivity index (χ4n) is 10.0. The highest BCUT2D eigenvalue weighted by Gasteiger charge is 2.43. The zero-order chi connectivity index (χ0) is 35.5. The van der Waals surface area contributed by atoms with Crippen LogP contribution in [0.25, 0.3) is 43.1 Å². The van der Waals surface area contributed by atoms with Gasteiger partial charge in [-0.05, 0) is 88.7 Å². The first-order valence-electron chi connectivity index (χ1n) is 18.6. The van der Waals surface area contributed by atoms with Gasteiger partial charge in [-0.25, -0.2) is 0 Å². The van der Waals surface area contributed by atoms with E-state index >= 15 is 0 Å². The number of benzene rings is 5. The Balaban J connectivity index is 1.48. The van der Waals surface area contributed by atoms with Crippen molar-refractivity contribution in [2.24, 2.45) is 23.7 Å². The smallest absolute Gasteiger partial charge is 0.261 e. The van der Waals surface area contributed by atoms with Crippen LogP contribution in [0.5, 0.6) is 0 Å². The van der Waals surface area contributed by atoms with Crippen molar-refractivity contribution in [2.75, 3.05) is 18.0 Å². The second-order valence-electron chi connectivity index (χ2n) is 16.3. The molecule has 0 aliphatic carbocycles. The number of carbonyl (C=O) groups excluding carboxylic acids is 4. The Hall–Kier alpha value is -4.52. The van der Waals surface area contributed by atoms with Gasteiger partial charge in [0.15, 0.2) is 0 Å². The summed E-state index contributed by atoms with van der Waals surface area (Å²) in [7, 11) is 0. The molecule has 0 spiro atoms. The quantitative estimate of drug-likeness (QED) is 0.0981. The van der Waals surface area contributed by atoms with Gasteiger partial charge in [-0.1, -0.05) is 73.6 Å². The molecule has 0 bridgehead atoms. The molecule has 1 fully saturated rings. The summed E-state index contributed by atoms with van der Waals surface area (Å²) >= 11 is 0. The minimum absolute atomic E-state index is 0.100. The average Bonchev–Trinajstić information content (AvgIpc) is 3.08. The highest BCUT2D eigenvalue weighted by Crippen LogP contribution is 2.50. The standard InChI is InChI=1S/C43H47N3O4/c1-21(2)38(22(3)4)45-40(47)28-15-12-25-26-13-16-30-35-31(43(50)46(42(30)49)39(23(5)6)24(7)8)20-32(44-18-10-9-11-19-44)36(37(26)35)27-14-17-29(41(45)48)34(28)33(25)27/h12-17,20-24,38-39H,9-11,18-19H2,1-8H3. The molecule has 3 heterocycles. The van der Waals surface area contributed by atoms with Crippen molar-refractivity contribution in [1.82, 2.24) is 9.80 Å². The fourth-order valence-corrected chi connectivity index (χ4v) is 10.0. The largest absolute Gasteiger partial charge is 0.371 e. The molecule has 1 saturated heterocycles. The molecule has 0 N–H and O–H groups in total. The van der Waals surface area contributed by atoms with E-state index in [2.05, 4.69) is 60.3 Å². The molecule has 258 valence electrons. The van der Waals surface area contributed by atoms with Crippen LogP contribution in [-0.4, -0.2) is 58.6 Å². The first-order valence-corrected chi connectivity index (χ1v) is 18.6. The van der Waals surface area contributed by atoms with Crippen molar-refractivity contribution in [3.8, 4) is 0 Å². The maximum atomic E-state index is 14.7. The molecule has 7 heteroatoms. The Kier molecular flexibility index (Phi) is 7.52. The van der Waals surface area contributed by atoms with Gasteiger partial charge in [0.1, 0.15) is 0 Å². The summed E-state index contributed by atoms with van der Waals surface area (Å²) in [5, 5.41) is 7.01. The van der Waals surface area contributed by atoms with Gasteiger partial charge in [0.05, 0.1) is 5.56 Å². The molecule has 0 radical (unpaired) electrons. The molecule has 3 aliphatic rings. The number of nitrogens with zero attached hydrogens (tertiary/aromatic N) is 3. The molecule has 0 saturated carbocycles. The van der Waals surface area contributed by atoms with E-state index in [0.29, 0.717) is 33.0 Å². The van der Waals surface area contributed by atoms with E-state index < -0.39 is 0 Å². The van der Waals surface area contributed by atoms with Crippen LogP contribution in [0.2, 0.25) is 0 Å². The number of hydrogen-bond donors (Lipinski definition) is 0. The second kappa shape index (κ2) is 11.5. The number of carbonyl (C=O) groups is 4. The highest BCUT2D eigenvalue weighted by molar-refractivity contribution is 6.43. The van der Waals surface area contributed by atoms with Crippen LogP contribution in [0.4, 0.5) is 5.69 Å². The van der Waals surface area contributed by atoms with Crippen LogP contribution < -0.4 is 4.90 Å². The van der Waals surface area contributed by atoms with E-state index in [1.54, 1.807) is 0 Å². The predicted octanol–water partition coefficient (Wildman–Crippen LogP) is 9.28. The van der Waals surface area contributed by atoms with Gasteiger partial charge < -0.3 is 4.90 Å². The first-order chi connectivity index (χ1) is 23.8. The summed E-state index contributed by atoms with van der Waals surface area (Å²) in [4.78, 5) is 63.2. The number of rotatable bonds is 7. The summed E-state index contributed by atoms with van der Waals surface area (Å²) in [5.74, 6) is -0.545. The monoisotopic (exact) mass is 669 g/mol. The second-order valence-corrected chi connectivity index (χ2v) is 16.3. The minimum Gasteiger partial charge on any atom is -0.371 e. The summed E-state index contributed by atoms with van der Waals surface area (Å²) in [6, 6.07) is 13.3. The Morgan fingerprint density at radius 3 is 1.30 bits per heavy atom. The van der Waals surface area contributed by atoms with Crippen molar-refractivity contribution in [3.63, 3.8) is 0 Å². The number of imide groups is 2. The molecule has 0 atom stereocenters. The summed E-state index contributed by atoms with van der Waals surface area (Å²) in [5.41, 5.74) is 3.22. The number of fused-ring (bicyclic) bond motifs is 2. The van der Waals surface area contributed by atoms with Gasteiger partial charge in [0.25, 0.3) is 23.6 Å². The van der Waals surface area contributed by atoms with Crippen molar-refractivity contribution >= 4 is 72.4 Å². The maximum Gasteiger partial charge on any atom is 0.261 e. The SMILES string of the molecule is CC(C)C(C(C)C)N1C(=O)c2ccc3c4ccc5c6c(cc(N7CCCCC7)c(c7ccc(c2c37)C1=O)c64)C(=O)N(C(C(C)C)C(C)C)C5=O. The molecule has 5 aromatic carbocycles. The van der Waals surface area contributed by atoms with E-state index in [9.17, 15) is 19.2 Å². The molecule has 5 aromatic rings. The van der Waals surface area contributed by atoms with Gasteiger partial charge in [-0.2, -0.15) is 0 Å². The fraction of sp³-hybridized carbons (Fsp3) is 0.442. The zero-order valence-corrected chi connectivity index (χ0v) is 30.5. The van der Waals surface area contributed by atoms with E-state index in [0.717, 1.165) is 70.4 Å². The van der Waals surface area contributed by atoms with E-state index in [-0.39, 0.29) is 59.4 Å². The summed E-state index contributed by atoms with van der Waals surface area (Å²) < 4.78 is 0. The third-order valence-electron chi connectivity index (χ3n) is 11.8. The number of piperidine rings is 1. The van der Waals surface area contributed by atoms with Crippen LogP contribution in [0.15, 0.2) is 42.5 Å². The first kappa shape index (κ1) is 32.7. The van der Waals surface area contributed by atoms with Gasteiger partial charge in [-0.3, -0.25) is 29.0 Å². The number of amides is 4. The van der Waals surface area contributed by atoms with E-state index in [1.165, 1.54) is 9.80 Å². The van der Waals surface area contributed by atoms with Crippen LogP contribution in [-0.2, 0) is 0 Å². The Bertz CT molecular complexity index is 2240. The lowest BCUT2D eigenvalue weighted by Gasteiger charge is -2.40. The minimum atomic E-state index is -0.243. The van der Waals surface area contributed by atoms with Gasteiger partial charge >= 0.3 is 0 Å². The van der Waals surface area contributed by atoms with Crippen molar-refractivity contribution in [1.29, 1.82) is 0 Å². The molecule has 0 unspecified atom stereocenters. The zero-order valence-electron chi connectivity index (χ0n) is 30.5. The van der Waals surface area contributed by atoms with Gasteiger partial charge in [0.2, 0.25) is 0 Å². The van der Waals surface area contributed by atoms with Crippen LogP contribution in [0.3, 0.4) is 0 Å². The van der Waals surface area contributed by atoms with Gasteiger partial charge in [0, 0.05) is 69.1 Å². The Labute approximate surface area is 293 Å². The van der Waals surface area contributed by atoms with Crippen LogP contribution in [0, 0.1) is 23.7 Å². The van der Waals surface area contributed by atoms with Crippen LogP contribution >= 0.6 is 0 Å². The molecule has 7 nitrogen and oxygen atoms in total. The van der Waals surface area contributed by atoms with Crippen molar-refractivity contribution in [3.05, 3.63) is 64.7 Å². The lowest BCUT2D eigenvalue weighted by Crippen LogP contribution is -2.51. The summed E-state index contributed by atoms with van der Waals surface area (Å²) in [6.45, 7) is 18.3. The molecule has 3 aliphatic heterocycles. The van der Waals surface area contributed by atoms with E-state index in [1.807, 2.05) is 42.5 Å². The van der Waals surface area contributed by atoms with E-state index in [4.69, 9.17) is 0 Å². The van der Waals surface area contributed by atoms with Gasteiger partial charge in [-0.15, -0.1) is 0 Å². The molecule has 0 aromatic heterocycles. The molecular formula is C43H47N3O4. The molecular weight excluding hydrogens is 622 g/mol. The highest BCUT2D eigenvalue weighted by atomic mass is 16.2. The summed E-state index contributed by atoms with van der Waals surface area (Å²) in [6.07, 6.45) is 3.27. The third kappa shape index (κ3) is 4.34. The molecule has 50 heavy (non-hydrogen) atoms. The topological polar surface area (TPSA) is 78.0 Å². The number of anilines is 1. The van der Waals surface area contributed by atoms with Crippen molar-refractivity contribution in [2.45, 2.75) is 86.7 Å². The number of hydrogen-bond acceptors (Lipinski definition) is 5. The predicted molar refractivity (Wildman–Crippen MR) is 202 cm³/mol. The third-order valence-corrected chi connectivity index (χ3v) is 11.8. The maximum absolute atomic E-state index is 14.7. The Morgan fingerprint density at radius 2 is 0.840 bits per heavy atom. The average molecular weight is 670 g/mol. The van der Waals surface area contributed by atoms with Crippen molar-refractivity contribution < 1.29 is 19.2 Å². The van der Waals surface area contributed by atoms with Crippen LogP contribution in [0.1, 0.15) is 116 Å².